The Kier molecular flexibility index (Phi) is 3.21. The van der Waals surface area contributed by atoms with Gasteiger partial charge in [0.05, 0.1) is 19.0 Å². The van der Waals surface area contributed by atoms with Crippen LogP contribution in [0.25, 0.3) is 0 Å². The standard InChI is InChI=1S/C11H12N6/c12-4-3-8-5-9(1-2-10(8)13)14-6-11-15-7-16-17-11/h1-2,5,7,14H,3,6,13H2,(H,15,16,17). The van der Waals surface area contributed by atoms with E-state index in [0.29, 0.717) is 18.7 Å². The molecule has 2 rings (SSSR count). The number of hydrogen-bond acceptors (Lipinski definition) is 5. The zero-order chi connectivity index (χ0) is 12.1. The highest BCUT2D eigenvalue weighted by Crippen LogP contribution is 2.18. The zero-order valence-electron chi connectivity index (χ0n) is 9.14. The third-order valence-electron chi connectivity index (χ3n) is 2.34. The van der Waals surface area contributed by atoms with Crippen molar-refractivity contribution >= 4 is 11.4 Å². The molecular formula is C11H12N6. The number of anilines is 2. The minimum absolute atomic E-state index is 0.309. The highest BCUT2D eigenvalue weighted by atomic mass is 15.2. The van der Waals surface area contributed by atoms with Crippen LogP contribution >= 0.6 is 0 Å². The Balaban J connectivity index is 2.06. The first kappa shape index (κ1) is 11.0. The third kappa shape index (κ3) is 2.72. The highest BCUT2D eigenvalue weighted by Gasteiger charge is 2.01. The van der Waals surface area contributed by atoms with Crippen LogP contribution in [0.3, 0.4) is 0 Å². The Morgan fingerprint density at radius 1 is 1.47 bits per heavy atom. The molecule has 6 heteroatoms. The number of nitrogens with two attached hydrogens (primary N) is 1. The lowest BCUT2D eigenvalue weighted by atomic mass is 10.1. The van der Waals surface area contributed by atoms with Crippen molar-refractivity contribution < 1.29 is 0 Å². The number of hydrogen-bond donors (Lipinski definition) is 3. The first-order chi connectivity index (χ1) is 8.29. The van der Waals surface area contributed by atoms with Gasteiger partial charge in [-0.25, -0.2) is 4.98 Å². The van der Waals surface area contributed by atoms with E-state index in [1.807, 2.05) is 12.1 Å². The van der Waals surface area contributed by atoms with Gasteiger partial charge < -0.3 is 11.1 Å². The van der Waals surface area contributed by atoms with Gasteiger partial charge >= 0.3 is 0 Å². The first-order valence-electron chi connectivity index (χ1n) is 5.13. The average molecular weight is 228 g/mol. The van der Waals surface area contributed by atoms with Gasteiger partial charge in [-0.3, -0.25) is 5.10 Å². The van der Waals surface area contributed by atoms with Gasteiger partial charge in [0, 0.05) is 11.4 Å². The molecule has 17 heavy (non-hydrogen) atoms. The summed E-state index contributed by atoms with van der Waals surface area (Å²) in [6.07, 6.45) is 1.77. The van der Waals surface area contributed by atoms with E-state index in [9.17, 15) is 0 Å². The summed E-state index contributed by atoms with van der Waals surface area (Å²) in [4.78, 5) is 4.00. The summed E-state index contributed by atoms with van der Waals surface area (Å²) in [7, 11) is 0. The maximum absolute atomic E-state index is 8.67. The molecule has 0 amide bonds. The molecule has 0 bridgehead atoms. The van der Waals surface area contributed by atoms with Crippen LogP contribution in [0.2, 0.25) is 0 Å². The maximum atomic E-state index is 8.67. The van der Waals surface area contributed by atoms with Crippen molar-refractivity contribution in [2.75, 3.05) is 11.1 Å². The number of rotatable bonds is 4. The molecule has 1 aromatic heterocycles. The SMILES string of the molecule is N#CCc1cc(NCc2ncn[nH]2)ccc1N. The lowest BCUT2D eigenvalue weighted by Crippen LogP contribution is -2.02. The lowest BCUT2D eigenvalue weighted by molar-refractivity contribution is 0.954. The van der Waals surface area contributed by atoms with E-state index in [1.165, 1.54) is 6.33 Å². The molecule has 1 heterocycles. The van der Waals surface area contributed by atoms with Crippen molar-refractivity contribution in [3.8, 4) is 6.07 Å². The van der Waals surface area contributed by atoms with Crippen LogP contribution in [0.1, 0.15) is 11.4 Å². The molecule has 0 aliphatic rings. The number of aromatic amines is 1. The van der Waals surface area contributed by atoms with Crippen molar-refractivity contribution in [1.29, 1.82) is 5.26 Å². The smallest absolute Gasteiger partial charge is 0.143 e. The van der Waals surface area contributed by atoms with Gasteiger partial charge in [0.15, 0.2) is 0 Å². The number of aromatic nitrogens is 3. The fourth-order valence-electron chi connectivity index (χ4n) is 1.46. The summed E-state index contributed by atoms with van der Waals surface area (Å²) in [5.41, 5.74) is 8.13. The summed E-state index contributed by atoms with van der Waals surface area (Å²) in [5.74, 6) is 0.753. The van der Waals surface area contributed by atoms with Gasteiger partial charge in [0.25, 0.3) is 0 Å². The molecule has 0 unspecified atom stereocenters. The molecule has 1 aromatic carbocycles. The van der Waals surface area contributed by atoms with E-state index in [-0.39, 0.29) is 0 Å². The third-order valence-corrected chi connectivity index (χ3v) is 2.34. The highest BCUT2D eigenvalue weighted by molar-refractivity contribution is 5.57. The second kappa shape index (κ2) is 4.99. The Hall–Kier alpha value is -2.55. The van der Waals surface area contributed by atoms with E-state index in [2.05, 4.69) is 26.6 Å². The Labute approximate surface area is 98.5 Å². The molecule has 0 radical (unpaired) electrons. The van der Waals surface area contributed by atoms with Crippen molar-refractivity contribution in [1.82, 2.24) is 15.2 Å². The zero-order valence-corrected chi connectivity index (χ0v) is 9.14. The van der Waals surface area contributed by atoms with Crippen LogP contribution in [-0.4, -0.2) is 15.2 Å². The van der Waals surface area contributed by atoms with Crippen LogP contribution in [0.15, 0.2) is 24.5 Å². The Morgan fingerprint density at radius 2 is 2.35 bits per heavy atom. The number of nitrogen functional groups attached to an aromatic ring is 1. The maximum Gasteiger partial charge on any atom is 0.143 e. The molecule has 0 aliphatic carbocycles. The summed E-state index contributed by atoms with van der Waals surface area (Å²) in [5, 5.41) is 18.4. The van der Waals surface area contributed by atoms with Gasteiger partial charge in [0.1, 0.15) is 12.2 Å². The molecule has 0 aliphatic heterocycles. The molecular weight excluding hydrogens is 216 g/mol. The van der Waals surface area contributed by atoms with Crippen molar-refractivity contribution in [3.63, 3.8) is 0 Å². The van der Waals surface area contributed by atoms with Crippen LogP contribution < -0.4 is 11.1 Å². The van der Waals surface area contributed by atoms with Crippen LogP contribution in [0, 0.1) is 11.3 Å². The minimum atomic E-state index is 0.309. The number of nitriles is 1. The second-order valence-corrected chi connectivity index (χ2v) is 3.53. The number of nitrogens with one attached hydrogen (secondary N) is 2. The van der Waals surface area contributed by atoms with Gasteiger partial charge in [-0.2, -0.15) is 10.4 Å². The van der Waals surface area contributed by atoms with Crippen LogP contribution in [-0.2, 0) is 13.0 Å². The fraction of sp³-hybridized carbons (Fsp3) is 0.182. The first-order valence-corrected chi connectivity index (χ1v) is 5.13. The Morgan fingerprint density at radius 3 is 3.06 bits per heavy atom. The quantitative estimate of drug-likeness (QED) is 0.679. The monoisotopic (exact) mass is 228 g/mol. The van der Waals surface area contributed by atoms with Crippen molar-refractivity contribution in [3.05, 3.63) is 35.9 Å². The Bertz CT molecular complexity index is 525. The molecule has 0 atom stereocenters. The van der Waals surface area contributed by atoms with E-state index in [0.717, 1.165) is 17.1 Å². The largest absolute Gasteiger partial charge is 0.398 e. The molecule has 0 saturated heterocycles. The van der Waals surface area contributed by atoms with E-state index in [1.54, 1.807) is 6.07 Å². The molecule has 4 N–H and O–H groups in total. The van der Waals surface area contributed by atoms with Gasteiger partial charge in [0.2, 0.25) is 0 Å². The van der Waals surface area contributed by atoms with Crippen LogP contribution in [0.5, 0.6) is 0 Å². The van der Waals surface area contributed by atoms with Crippen molar-refractivity contribution in [2.45, 2.75) is 13.0 Å². The summed E-state index contributed by atoms with van der Waals surface area (Å²) < 4.78 is 0. The molecule has 0 spiro atoms. The summed E-state index contributed by atoms with van der Waals surface area (Å²) in [6.45, 7) is 0.551. The average Bonchev–Trinajstić information content (AvgIpc) is 2.83. The number of nitrogens with zero attached hydrogens (tertiary/aromatic N) is 3. The topological polar surface area (TPSA) is 103 Å². The second-order valence-electron chi connectivity index (χ2n) is 3.53. The molecule has 6 nitrogen and oxygen atoms in total. The summed E-state index contributed by atoms with van der Waals surface area (Å²) in [6, 6.07) is 7.61. The van der Waals surface area contributed by atoms with Gasteiger partial charge in [-0.15, -0.1) is 0 Å². The fourth-order valence-corrected chi connectivity index (χ4v) is 1.46. The van der Waals surface area contributed by atoms with E-state index in [4.69, 9.17) is 11.0 Å². The van der Waals surface area contributed by atoms with Crippen LogP contribution in [0.4, 0.5) is 11.4 Å². The van der Waals surface area contributed by atoms with Crippen molar-refractivity contribution in [2.24, 2.45) is 0 Å². The lowest BCUT2D eigenvalue weighted by Gasteiger charge is -2.07. The number of H-pyrrole nitrogens is 1. The predicted molar refractivity (Wildman–Crippen MR) is 63.9 cm³/mol. The van der Waals surface area contributed by atoms with Gasteiger partial charge in [-0.1, -0.05) is 0 Å². The molecule has 86 valence electrons. The predicted octanol–water partition coefficient (Wildman–Crippen LogP) is 1.07. The minimum Gasteiger partial charge on any atom is -0.398 e. The normalized spacial score (nSPS) is 9.82. The number of benzene rings is 1. The molecule has 2 aromatic rings. The molecule has 0 fully saturated rings. The van der Waals surface area contributed by atoms with E-state index >= 15 is 0 Å². The van der Waals surface area contributed by atoms with E-state index < -0.39 is 0 Å². The van der Waals surface area contributed by atoms with Gasteiger partial charge in [-0.05, 0) is 23.8 Å². The molecule has 0 saturated carbocycles. The summed E-state index contributed by atoms with van der Waals surface area (Å²) >= 11 is 0.